The van der Waals surface area contributed by atoms with Crippen LogP contribution in [0.2, 0.25) is 0 Å². The van der Waals surface area contributed by atoms with E-state index in [0.29, 0.717) is 11.4 Å². The molecule has 0 aliphatic rings. The summed E-state index contributed by atoms with van der Waals surface area (Å²) in [6.07, 6.45) is 0. The van der Waals surface area contributed by atoms with Gasteiger partial charge in [-0.2, -0.15) is 0 Å². The van der Waals surface area contributed by atoms with Crippen LogP contribution in [-0.2, 0) is 14.8 Å². The van der Waals surface area contributed by atoms with Crippen molar-refractivity contribution in [1.29, 1.82) is 0 Å². The number of hydrogen-bond acceptors (Lipinski definition) is 6. The van der Waals surface area contributed by atoms with Gasteiger partial charge in [0, 0.05) is 24.9 Å². The van der Waals surface area contributed by atoms with Gasteiger partial charge in [-0.25, -0.2) is 8.42 Å². The highest BCUT2D eigenvalue weighted by Gasteiger charge is 2.21. The van der Waals surface area contributed by atoms with E-state index in [1.807, 2.05) is 6.92 Å². The first-order chi connectivity index (χ1) is 15.2. The summed E-state index contributed by atoms with van der Waals surface area (Å²) < 4.78 is 32.2. The molecule has 1 N–H and O–H groups in total. The number of nitro groups is 1. The molecule has 0 heterocycles. The number of nitrogens with one attached hydrogen (secondary N) is 1. The Morgan fingerprint density at radius 1 is 1.06 bits per heavy atom. The predicted octanol–water partition coefficient (Wildman–Crippen LogP) is 3.75. The molecule has 0 aliphatic carbocycles. The minimum Gasteiger partial charge on any atom is -0.484 e. The lowest BCUT2D eigenvalue weighted by Crippen LogP contribution is -2.26. The zero-order valence-corrected chi connectivity index (χ0v) is 18.2. The maximum Gasteiger partial charge on any atom is 0.271 e. The number of amides is 1. The number of anilines is 2. The molecule has 0 saturated carbocycles. The number of non-ortho nitro benzene ring substituents is 1. The van der Waals surface area contributed by atoms with E-state index in [1.54, 1.807) is 48.5 Å². The summed E-state index contributed by atoms with van der Waals surface area (Å²) in [7, 11) is -2.26. The Morgan fingerprint density at radius 3 is 2.34 bits per heavy atom. The first kappa shape index (κ1) is 22.8. The fourth-order valence-electron chi connectivity index (χ4n) is 2.80. The summed E-state index contributed by atoms with van der Waals surface area (Å²) in [6.45, 7) is 1.56. The summed E-state index contributed by atoms with van der Waals surface area (Å²) in [5.74, 6) is -0.127. The fraction of sp³-hybridized carbons (Fsp3) is 0.136. The topological polar surface area (TPSA) is 119 Å². The molecule has 0 atom stereocenters. The molecule has 0 unspecified atom stereocenters. The predicted molar refractivity (Wildman–Crippen MR) is 120 cm³/mol. The summed E-state index contributed by atoms with van der Waals surface area (Å²) >= 11 is 0. The lowest BCUT2D eigenvalue weighted by atomic mass is 10.2. The van der Waals surface area contributed by atoms with E-state index in [9.17, 15) is 23.3 Å². The van der Waals surface area contributed by atoms with Gasteiger partial charge in [-0.05, 0) is 49.4 Å². The number of benzene rings is 3. The third-order valence-electron chi connectivity index (χ3n) is 4.59. The molecule has 3 rings (SSSR count). The number of ether oxygens (including phenoxy) is 1. The Bertz CT molecular complexity index is 1230. The van der Waals surface area contributed by atoms with E-state index in [-0.39, 0.29) is 22.9 Å². The molecule has 3 aromatic rings. The summed E-state index contributed by atoms with van der Waals surface area (Å²) in [5.41, 5.74) is 1.54. The second-order valence-corrected chi connectivity index (χ2v) is 8.89. The van der Waals surface area contributed by atoms with Gasteiger partial charge in [0.2, 0.25) is 0 Å². The van der Waals surface area contributed by atoms with Gasteiger partial charge in [0.1, 0.15) is 5.75 Å². The Kier molecular flexibility index (Phi) is 6.74. The summed E-state index contributed by atoms with van der Waals surface area (Å²) in [6, 6.07) is 18.4. The van der Waals surface area contributed by atoms with Crippen LogP contribution in [0, 0.1) is 17.0 Å². The van der Waals surface area contributed by atoms with Gasteiger partial charge in [-0.15, -0.1) is 0 Å². The highest BCUT2D eigenvalue weighted by molar-refractivity contribution is 7.92. The number of carbonyl (C=O) groups is 1. The Hall–Kier alpha value is -3.92. The molecule has 32 heavy (non-hydrogen) atoms. The van der Waals surface area contributed by atoms with Gasteiger partial charge < -0.3 is 10.1 Å². The SMILES string of the molecule is Cc1ccc(S(=O)(=O)N(C)c2ccc(OCC(=O)Nc3cccc([N+](=O)[O-])c3)cc2)cc1. The van der Waals surface area contributed by atoms with E-state index in [1.165, 1.54) is 31.3 Å². The van der Waals surface area contributed by atoms with Crippen molar-refractivity contribution in [3.05, 3.63) is 88.5 Å². The molecule has 0 spiro atoms. The van der Waals surface area contributed by atoms with Crippen LogP contribution in [0.25, 0.3) is 0 Å². The zero-order chi connectivity index (χ0) is 23.3. The van der Waals surface area contributed by atoms with Crippen LogP contribution in [0.15, 0.2) is 77.7 Å². The minimum absolute atomic E-state index is 0.135. The van der Waals surface area contributed by atoms with Crippen LogP contribution in [0.5, 0.6) is 5.75 Å². The number of hydrogen-bond donors (Lipinski definition) is 1. The van der Waals surface area contributed by atoms with Crippen molar-refractivity contribution in [3.63, 3.8) is 0 Å². The molecular formula is C22H21N3O6S. The van der Waals surface area contributed by atoms with Crippen molar-refractivity contribution in [3.8, 4) is 5.75 Å². The highest BCUT2D eigenvalue weighted by Crippen LogP contribution is 2.24. The van der Waals surface area contributed by atoms with Crippen LogP contribution >= 0.6 is 0 Å². The third kappa shape index (κ3) is 5.41. The van der Waals surface area contributed by atoms with Gasteiger partial charge in [-0.3, -0.25) is 19.2 Å². The van der Waals surface area contributed by atoms with E-state index < -0.39 is 20.9 Å². The van der Waals surface area contributed by atoms with Gasteiger partial charge in [0.25, 0.3) is 21.6 Å². The van der Waals surface area contributed by atoms with E-state index in [4.69, 9.17) is 4.74 Å². The van der Waals surface area contributed by atoms with Crippen molar-refractivity contribution in [2.24, 2.45) is 0 Å². The summed E-state index contributed by atoms with van der Waals surface area (Å²) in [5, 5.41) is 13.3. The number of nitro benzene ring substituents is 1. The molecule has 0 aliphatic heterocycles. The number of aryl methyl sites for hydroxylation is 1. The average molecular weight is 455 g/mol. The quantitative estimate of drug-likeness (QED) is 0.408. The normalized spacial score (nSPS) is 10.9. The monoisotopic (exact) mass is 455 g/mol. The second-order valence-electron chi connectivity index (χ2n) is 6.92. The molecule has 0 fully saturated rings. The minimum atomic E-state index is -3.71. The molecular weight excluding hydrogens is 434 g/mol. The molecule has 0 saturated heterocycles. The van der Waals surface area contributed by atoms with E-state index >= 15 is 0 Å². The molecule has 9 nitrogen and oxygen atoms in total. The van der Waals surface area contributed by atoms with Gasteiger partial charge in [-0.1, -0.05) is 23.8 Å². The van der Waals surface area contributed by atoms with Crippen LogP contribution in [0.3, 0.4) is 0 Å². The van der Waals surface area contributed by atoms with Gasteiger partial charge in [0.15, 0.2) is 6.61 Å². The van der Waals surface area contributed by atoms with E-state index in [0.717, 1.165) is 9.87 Å². The molecule has 1 amide bonds. The van der Waals surface area contributed by atoms with Crippen molar-refractivity contribution in [2.45, 2.75) is 11.8 Å². The van der Waals surface area contributed by atoms with Crippen molar-refractivity contribution in [1.82, 2.24) is 0 Å². The first-order valence-corrected chi connectivity index (χ1v) is 10.9. The van der Waals surface area contributed by atoms with Crippen LogP contribution in [0.1, 0.15) is 5.56 Å². The summed E-state index contributed by atoms with van der Waals surface area (Å²) in [4.78, 5) is 22.5. The van der Waals surface area contributed by atoms with E-state index in [2.05, 4.69) is 5.32 Å². The van der Waals surface area contributed by atoms with Crippen LogP contribution in [0.4, 0.5) is 17.1 Å². The largest absolute Gasteiger partial charge is 0.484 e. The average Bonchev–Trinajstić information content (AvgIpc) is 2.78. The number of rotatable bonds is 8. The highest BCUT2D eigenvalue weighted by atomic mass is 32.2. The zero-order valence-electron chi connectivity index (χ0n) is 17.4. The maximum absolute atomic E-state index is 12.8. The smallest absolute Gasteiger partial charge is 0.271 e. The van der Waals surface area contributed by atoms with Crippen molar-refractivity contribution < 1.29 is 22.9 Å². The van der Waals surface area contributed by atoms with Crippen molar-refractivity contribution in [2.75, 3.05) is 23.3 Å². The number of sulfonamides is 1. The van der Waals surface area contributed by atoms with Gasteiger partial charge >= 0.3 is 0 Å². The Labute approximate surface area is 185 Å². The lowest BCUT2D eigenvalue weighted by Gasteiger charge is -2.20. The second kappa shape index (κ2) is 9.48. The number of nitrogens with zero attached hydrogens (tertiary/aromatic N) is 2. The number of carbonyl (C=O) groups excluding carboxylic acids is 1. The third-order valence-corrected chi connectivity index (χ3v) is 6.39. The Balaban J connectivity index is 1.60. The molecule has 10 heteroatoms. The molecule has 0 aromatic heterocycles. The fourth-order valence-corrected chi connectivity index (χ4v) is 4.00. The lowest BCUT2D eigenvalue weighted by molar-refractivity contribution is -0.384. The first-order valence-electron chi connectivity index (χ1n) is 9.49. The molecule has 166 valence electrons. The maximum atomic E-state index is 12.8. The van der Waals surface area contributed by atoms with Crippen LogP contribution in [-0.4, -0.2) is 32.9 Å². The molecule has 0 bridgehead atoms. The Morgan fingerprint density at radius 2 is 1.72 bits per heavy atom. The van der Waals surface area contributed by atoms with Crippen molar-refractivity contribution >= 4 is 33.0 Å². The van der Waals surface area contributed by atoms with Gasteiger partial charge in [0.05, 0.1) is 15.5 Å². The molecule has 0 radical (unpaired) electrons. The van der Waals surface area contributed by atoms with Crippen LogP contribution < -0.4 is 14.4 Å². The molecule has 3 aromatic carbocycles. The standard InChI is InChI=1S/C22H21N3O6S/c1-16-6-12-21(13-7-16)32(29,30)24(2)18-8-10-20(11-9-18)31-15-22(26)23-17-4-3-5-19(14-17)25(27)28/h3-14H,15H2,1-2H3,(H,23,26).